The second-order valence-corrected chi connectivity index (χ2v) is 3.21. The molecule has 0 spiro atoms. The van der Waals surface area contributed by atoms with Crippen molar-refractivity contribution in [1.29, 1.82) is 0 Å². The monoisotopic (exact) mass is 262 g/mol. The fourth-order valence-electron chi connectivity index (χ4n) is 1.05. The van der Waals surface area contributed by atoms with Gasteiger partial charge in [-0.3, -0.25) is 0 Å². The summed E-state index contributed by atoms with van der Waals surface area (Å²) in [6, 6.07) is 6.10. The van der Waals surface area contributed by atoms with Crippen LogP contribution in [0.3, 0.4) is 0 Å². The number of halogens is 1. The summed E-state index contributed by atoms with van der Waals surface area (Å²) >= 11 is 4.71. The molecule has 0 saturated heterocycles. The predicted octanol–water partition coefficient (Wildman–Crippen LogP) is 0.158. The van der Waals surface area contributed by atoms with Gasteiger partial charge in [-0.1, -0.05) is 12.1 Å². The zero-order chi connectivity index (χ0) is 10.7. The van der Waals surface area contributed by atoms with Gasteiger partial charge in [0, 0.05) is 6.08 Å². The van der Waals surface area contributed by atoms with Crippen molar-refractivity contribution in [3.05, 3.63) is 46.4 Å². The summed E-state index contributed by atoms with van der Waals surface area (Å²) in [5.41, 5.74) is 0.862. The molecule has 0 bridgehead atoms. The molecule has 0 aliphatic heterocycles. The summed E-state index contributed by atoms with van der Waals surface area (Å²) in [4.78, 5) is 0.230. The maximum absolute atomic E-state index is 12.6. The van der Waals surface area contributed by atoms with Crippen molar-refractivity contribution in [2.24, 2.45) is 0 Å². The summed E-state index contributed by atoms with van der Waals surface area (Å²) in [6.07, 6.45) is 3.41. The van der Waals surface area contributed by atoms with Crippen LogP contribution >= 0.6 is 12.2 Å². The quantitative estimate of drug-likeness (QED) is 0.619. The van der Waals surface area contributed by atoms with E-state index in [1.54, 1.807) is 24.3 Å². The second-order valence-electron chi connectivity index (χ2n) is 2.84. The molecule has 16 heavy (non-hydrogen) atoms. The molecule has 6 heteroatoms. The van der Waals surface area contributed by atoms with Crippen molar-refractivity contribution in [3.63, 3.8) is 0 Å². The molecule has 2 rings (SSSR count). The summed E-state index contributed by atoms with van der Waals surface area (Å²) in [5, 5.41) is 6.29. The number of aromatic nitrogens is 2. The van der Waals surface area contributed by atoms with Crippen LogP contribution in [-0.4, -0.2) is 10.2 Å². The molecule has 0 aliphatic rings. The zero-order valence-corrected chi connectivity index (χ0v) is 12.5. The van der Waals surface area contributed by atoms with Gasteiger partial charge < -0.3 is 5.84 Å². The molecule has 0 unspecified atom stereocenters. The third-order valence-electron chi connectivity index (χ3n) is 1.74. The first-order valence-electron chi connectivity index (χ1n) is 4.23. The van der Waals surface area contributed by atoms with Crippen molar-refractivity contribution in [2.45, 2.75) is 0 Å². The van der Waals surface area contributed by atoms with E-state index in [1.807, 2.05) is 0 Å². The number of hydrogen-bond donors (Lipinski definition) is 1. The van der Waals surface area contributed by atoms with Gasteiger partial charge in [0.05, 0.1) is 0 Å². The van der Waals surface area contributed by atoms with Crippen LogP contribution in [0.15, 0.2) is 28.7 Å². The molecule has 0 radical (unpaired) electrons. The number of H-pyrrole nitrogens is 1. The minimum atomic E-state index is -0.260. The molecule has 2 aromatic rings. The first-order valence-corrected chi connectivity index (χ1v) is 4.64. The van der Waals surface area contributed by atoms with Crippen LogP contribution < -0.4 is 51.4 Å². The Balaban J connectivity index is 0.00000128. The zero-order valence-electron chi connectivity index (χ0n) is 9.61. The molecule has 0 amide bonds. The first-order chi connectivity index (χ1) is 7.24. The predicted molar refractivity (Wildman–Crippen MR) is 58.1 cm³/mol. The first kappa shape index (κ1) is 13.9. The van der Waals surface area contributed by atoms with Crippen LogP contribution in [0.4, 0.5) is 4.39 Å². The van der Waals surface area contributed by atoms with E-state index in [1.165, 1.54) is 12.1 Å². The van der Waals surface area contributed by atoms with Crippen LogP contribution in [0.1, 0.15) is 12.9 Å². The standard InChI is InChI=1S/C10H7FN2OS.K.H/c11-8-4-1-7(2-5-8)3-6-9-12-13-10(15)14-9;;/h1-6H,(H,13,15);;/q;+1;-1. The van der Waals surface area contributed by atoms with Gasteiger partial charge in [-0.2, -0.15) is 0 Å². The molecule has 3 nitrogen and oxygen atoms in total. The molecule has 0 aliphatic carbocycles. The van der Waals surface area contributed by atoms with Gasteiger partial charge in [-0.25, -0.2) is 9.49 Å². The molecule has 1 aromatic heterocycles. The van der Waals surface area contributed by atoms with Gasteiger partial charge in [0.15, 0.2) is 0 Å². The maximum atomic E-state index is 12.6. The van der Waals surface area contributed by atoms with Crippen molar-refractivity contribution >= 4 is 24.4 Å². The van der Waals surface area contributed by atoms with Crippen molar-refractivity contribution in [1.82, 2.24) is 10.2 Å². The van der Waals surface area contributed by atoms with Gasteiger partial charge in [-0.05, 0) is 36.0 Å². The minimum Gasteiger partial charge on any atom is -1.00 e. The molecule has 1 heterocycles. The molecular weight excluding hydrogens is 254 g/mol. The Hall–Kier alpha value is -0.114. The number of rotatable bonds is 2. The molecule has 78 valence electrons. The van der Waals surface area contributed by atoms with E-state index in [4.69, 9.17) is 16.6 Å². The third kappa shape index (κ3) is 4.04. The minimum absolute atomic E-state index is 0. The number of nitrogens with one attached hydrogen (secondary N) is 1. The molecule has 0 saturated carbocycles. The average molecular weight is 262 g/mol. The van der Waals surface area contributed by atoms with Gasteiger partial charge in [-0.15, -0.1) is 5.10 Å². The van der Waals surface area contributed by atoms with Crippen LogP contribution in [-0.2, 0) is 0 Å². The van der Waals surface area contributed by atoms with E-state index in [0.29, 0.717) is 5.89 Å². The Morgan fingerprint density at radius 1 is 1.31 bits per heavy atom. The smallest absolute Gasteiger partial charge is 1.00 e. The SMILES string of the molecule is Fc1ccc(C=Cc2n[nH]c(=S)o2)cc1.[H-].[K+]. The van der Waals surface area contributed by atoms with Gasteiger partial charge in [0.25, 0.3) is 4.84 Å². The van der Waals surface area contributed by atoms with E-state index >= 15 is 0 Å². The van der Waals surface area contributed by atoms with E-state index in [0.717, 1.165) is 5.56 Å². The van der Waals surface area contributed by atoms with Gasteiger partial charge in [0.1, 0.15) is 5.82 Å². The Morgan fingerprint density at radius 2 is 2.00 bits per heavy atom. The Kier molecular flexibility index (Phi) is 5.74. The number of hydrogen-bond acceptors (Lipinski definition) is 3. The number of benzene rings is 1. The largest absolute Gasteiger partial charge is 1.00 e. The van der Waals surface area contributed by atoms with Crippen molar-refractivity contribution in [2.75, 3.05) is 0 Å². The molecule has 0 fully saturated rings. The normalized spacial score (nSPS) is 10.3. The van der Waals surface area contributed by atoms with Crippen LogP contribution in [0.2, 0.25) is 0 Å². The Labute approximate surface area is 141 Å². The van der Waals surface area contributed by atoms with E-state index < -0.39 is 0 Å². The van der Waals surface area contributed by atoms with Gasteiger partial charge in [0.2, 0.25) is 5.89 Å². The number of aromatic amines is 1. The van der Waals surface area contributed by atoms with Crippen molar-refractivity contribution in [3.8, 4) is 0 Å². The molecule has 1 N–H and O–H groups in total. The Bertz CT molecular complexity index is 538. The van der Waals surface area contributed by atoms with E-state index in [9.17, 15) is 4.39 Å². The van der Waals surface area contributed by atoms with Crippen LogP contribution in [0, 0.1) is 10.7 Å². The summed E-state index contributed by atoms with van der Waals surface area (Å²) in [6.45, 7) is 0. The fourth-order valence-corrected chi connectivity index (χ4v) is 1.19. The second kappa shape index (κ2) is 6.58. The summed E-state index contributed by atoms with van der Waals surface area (Å²) in [7, 11) is 0. The third-order valence-corrected chi connectivity index (χ3v) is 1.92. The van der Waals surface area contributed by atoms with E-state index in [2.05, 4.69) is 10.2 Å². The van der Waals surface area contributed by atoms with Crippen LogP contribution in [0.5, 0.6) is 0 Å². The number of nitrogens with zero attached hydrogens (tertiary/aromatic N) is 1. The van der Waals surface area contributed by atoms with E-state index in [-0.39, 0.29) is 63.5 Å². The Morgan fingerprint density at radius 3 is 2.56 bits per heavy atom. The summed E-state index contributed by atoms with van der Waals surface area (Å²) in [5.74, 6) is 0.133. The average Bonchev–Trinajstić information content (AvgIpc) is 2.64. The topological polar surface area (TPSA) is 41.8 Å². The van der Waals surface area contributed by atoms with Crippen LogP contribution in [0.25, 0.3) is 12.2 Å². The summed E-state index contributed by atoms with van der Waals surface area (Å²) < 4.78 is 17.6. The van der Waals surface area contributed by atoms with Crippen molar-refractivity contribution < 1.29 is 61.6 Å². The molecule has 0 atom stereocenters. The molecular formula is C10H8FKN2OS. The van der Waals surface area contributed by atoms with Gasteiger partial charge >= 0.3 is 51.4 Å². The maximum Gasteiger partial charge on any atom is 1.00 e. The molecule has 1 aromatic carbocycles. The fraction of sp³-hybridized carbons (Fsp3) is 0.